The minimum atomic E-state index is -0.500. The predicted octanol–water partition coefficient (Wildman–Crippen LogP) is 4.34. The number of carbonyl (C=O) groups is 2. The zero-order chi connectivity index (χ0) is 18.2. The van der Waals surface area contributed by atoms with Gasteiger partial charge >= 0.3 is 5.97 Å². The summed E-state index contributed by atoms with van der Waals surface area (Å²) in [7, 11) is 0. The number of amides is 1. The number of esters is 1. The molecule has 4 heteroatoms. The summed E-state index contributed by atoms with van der Waals surface area (Å²) >= 11 is 0. The highest BCUT2D eigenvalue weighted by Crippen LogP contribution is 2.14. The van der Waals surface area contributed by atoms with Gasteiger partial charge in [0.25, 0.3) is 5.91 Å². The lowest BCUT2D eigenvalue weighted by Gasteiger charge is -2.10. The number of hydrogen-bond donors (Lipinski definition) is 1. The topological polar surface area (TPSA) is 55.4 Å². The van der Waals surface area contributed by atoms with Crippen LogP contribution in [-0.2, 0) is 11.2 Å². The van der Waals surface area contributed by atoms with E-state index in [1.807, 2.05) is 48.5 Å². The highest BCUT2D eigenvalue weighted by molar-refractivity contribution is 6.11. The monoisotopic (exact) mass is 345 g/mol. The Morgan fingerprint density at radius 3 is 2.00 bits per heavy atom. The molecule has 4 nitrogen and oxygen atoms in total. The zero-order valence-electron chi connectivity index (χ0n) is 14.2. The molecule has 130 valence electrons. The van der Waals surface area contributed by atoms with E-state index < -0.39 is 5.97 Å². The summed E-state index contributed by atoms with van der Waals surface area (Å²) in [6.07, 6.45) is 0.630. The third kappa shape index (κ3) is 4.57. The second kappa shape index (κ2) is 8.62. The minimum absolute atomic E-state index is 0.258. The summed E-state index contributed by atoms with van der Waals surface area (Å²) in [5.41, 5.74) is 2.32. The molecular formula is C22H19NO3. The molecule has 3 aromatic rings. The second-order valence-electron chi connectivity index (χ2n) is 5.74. The lowest BCUT2D eigenvalue weighted by atomic mass is 10.1. The lowest BCUT2D eigenvalue weighted by Crippen LogP contribution is -2.18. The summed E-state index contributed by atoms with van der Waals surface area (Å²) in [4.78, 5) is 24.9. The van der Waals surface area contributed by atoms with Crippen molar-refractivity contribution in [1.29, 1.82) is 0 Å². The van der Waals surface area contributed by atoms with Crippen LogP contribution in [0.25, 0.3) is 0 Å². The molecule has 3 aromatic carbocycles. The van der Waals surface area contributed by atoms with Gasteiger partial charge in [0.1, 0.15) is 0 Å². The van der Waals surface area contributed by atoms with Crippen LogP contribution in [0.4, 0.5) is 5.69 Å². The molecule has 0 atom stereocenters. The highest BCUT2D eigenvalue weighted by atomic mass is 16.5. The summed E-state index contributed by atoms with van der Waals surface area (Å²) in [6.45, 7) is 0.261. The number of rotatable bonds is 6. The number of para-hydroxylation sites is 1. The van der Waals surface area contributed by atoms with Crippen molar-refractivity contribution in [2.75, 3.05) is 11.9 Å². The van der Waals surface area contributed by atoms with E-state index in [0.717, 1.165) is 5.56 Å². The number of anilines is 1. The maximum atomic E-state index is 12.5. The summed E-state index contributed by atoms with van der Waals surface area (Å²) < 4.78 is 5.35. The van der Waals surface area contributed by atoms with Gasteiger partial charge in [-0.1, -0.05) is 60.7 Å². The largest absolute Gasteiger partial charge is 0.462 e. The summed E-state index contributed by atoms with van der Waals surface area (Å²) in [6, 6.07) is 25.6. The van der Waals surface area contributed by atoms with Crippen molar-refractivity contribution in [2.45, 2.75) is 6.42 Å². The van der Waals surface area contributed by atoms with Crippen LogP contribution in [0.15, 0.2) is 84.9 Å². The Balaban J connectivity index is 1.66. The van der Waals surface area contributed by atoms with Crippen molar-refractivity contribution in [2.24, 2.45) is 0 Å². The minimum Gasteiger partial charge on any atom is -0.462 e. The highest BCUT2D eigenvalue weighted by Gasteiger charge is 2.17. The Morgan fingerprint density at radius 1 is 0.731 bits per heavy atom. The normalized spacial score (nSPS) is 10.2. The Hall–Kier alpha value is -3.40. The van der Waals surface area contributed by atoms with Gasteiger partial charge in [-0.2, -0.15) is 0 Å². The molecule has 0 saturated heterocycles. The second-order valence-corrected chi connectivity index (χ2v) is 5.74. The Kier molecular flexibility index (Phi) is 5.78. The van der Waals surface area contributed by atoms with Crippen molar-refractivity contribution < 1.29 is 14.3 Å². The molecule has 0 aromatic heterocycles. The molecular weight excluding hydrogens is 326 g/mol. The molecule has 0 heterocycles. The third-order valence-corrected chi connectivity index (χ3v) is 3.89. The zero-order valence-corrected chi connectivity index (χ0v) is 14.2. The van der Waals surface area contributed by atoms with Crippen molar-refractivity contribution >= 4 is 17.6 Å². The Labute approximate surface area is 152 Å². The average molecular weight is 345 g/mol. The molecule has 0 aliphatic heterocycles. The maximum Gasteiger partial charge on any atom is 0.338 e. The number of ether oxygens (including phenoxy) is 1. The van der Waals surface area contributed by atoms with Crippen LogP contribution < -0.4 is 5.32 Å². The first-order valence-corrected chi connectivity index (χ1v) is 8.40. The van der Waals surface area contributed by atoms with Gasteiger partial charge in [-0.15, -0.1) is 0 Å². The van der Waals surface area contributed by atoms with Crippen LogP contribution in [0.3, 0.4) is 0 Å². The van der Waals surface area contributed by atoms with Crippen LogP contribution in [0.5, 0.6) is 0 Å². The van der Waals surface area contributed by atoms with E-state index in [2.05, 4.69) is 5.32 Å². The van der Waals surface area contributed by atoms with Crippen LogP contribution in [0.2, 0.25) is 0 Å². The molecule has 0 bridgehead atoms. The SMILES string of the molecule is O=C(Nc1ccccc1)c1ccccc1C(=O)OCCc1ccccc1. The number of carbonyl (C=O) groups excluding carboxylic acids is 2. The van der Waals surface area contributed by atoms with E-state index in [1.165, 1.54) is 0 Å². The molecule has 1 amide bonds. The van der Waals surface area contributed by atoms with Crippen molar-refractivity contribution in [3.63, 3.8) is 0 Å². The Bertz CT molecular complexity index is 876. The molecule has 0 unspecified atom stereocenters. The van der Waals surface area contributed by atoms with Gasteiger partial charge < -0.3 is 10.1 Å². The predicted molar refractivity (Wildman–Crippen MR) is 101 cm³/mol. The van der Waals surface area contributed by atoms with Gasteiger partial charge in [-0.3, -0.25) is 4.79 Å². The number of benzene rings is 3. The first kappa shape index (κ1) is 17.4. The molecule has 3 rings (SSSR count). The van der Waals surface area contributed by atoms with E-state index in [9.17, 15) is 9.59 Å². The fourth-order valence-corrected chi connectivity index (χ4v) is 2.56. The van der Waals surface area contributed by atoms with Crippen molar-refractivity contribution in [3.05, 3.63) is 102 Å². The van der Waals surface area contributed by atoms with E-state index in [0.29, 0.717) is 17.7 Å². The lowest BCUT2D eigenvalue weighted by molar-refractivity contribution is 0.0506. The van der Waals surface area contributed by atoms with Gasteiger partial charge in [0.2, 0.25) is 0 Å². The van der Waals surface area contributed by atoms with Crippen LogP contribution in [-0.4, -0.2) is 18.5 Å². The molecule has 1 N–H and O–H groups in total. The van der Waals surface area contributed by atoms with E-state index in [-0.39, 0.29) is 18.1 Å². The van der Waals surface area contributed by atoms with Gasteiger partial charge in [-0.05, 0) is 29.8 Å². The van der Waals surface area contributed by atoms with E-state index >= 15 is 0 Å². The van der Waals surface area contributed by atoms with Gasteiger partial charge in [0.05, 0.1) is 17.7 Å². The van der Waals surface area contributed by atoms with Crippen LogP contribution >= 0.6 is 0 Å². The molecule has 0 radical (unpaired) electrons. The van der Waals surface area contributed by atoms with Gasteiger partial charge in [0, 0.05) is 12.1 Å². The first-order chi connectivity index (χ1) is 12.7. The molecule has 0 saturated carbocycles. The van der Waals surface area contributed by atoms with Gasteiger partial charge in [0.15, 0.2) is 0 Å². The molecule has 26 heavy (non-hydrogen) atoms. The standard InChI is InChI=1S/C22H19NO3/c24-21(23-18-11-5-2-6-12-18)19-13-7-8-14-20(19)22(25)26-16-15-17-9-3-1-4-10-17/h1-14H,15-16H2,(H,23,24). The first-order valence-electron chi connectivity index (χ1n) is 8.40. The van der Waals surface area contributed by atoms with E-state index in [4.69, 9.17) is 4.74 Å². The molecule has 0 aliphatic carbocycles. The van der Waals surface area contributed by atoms with Crippen LogP contribution in [0, 0.1) is 0 Å². The van der Waals surface area contributed by atoms with E-state index in [1.54, 1.807) is 36.4 Å². The number of hydrogen-bond acceptors (Lipinski definition) is 3. The van der Waals surface area contributed by atoms with Crippen molar-refractivity contribution in [1.82, 2.24) is 0 Å². The number of nitrogens with one attached hydrogen (secondary N) is 1. The Morgan fingerprint density at radius 2 is 1.31 bits per heavy atom. The van der Waals surface area contributed by atoms with Gasteiger partial charge in [-0.25, -0.2) is 4.79 Å². The summed E-state index contributed by atoms with van der Waals surface area (Å²) in [5, 5.41) is 2.79. The van der Waals surface area contributed by atoms with Crippen molar-refractivity contribution in [3.8, 4) is 0 Å². The molecule has 0 fully saturated rings. The molecule has 0 aliphatic rings. The smallest absolute Gasteiger partial charge is 0.338 e. The summed E-state index contributed by atoms with van der Waals surface area (Å²) in [5.74, 6) is -0.841. The third-order valence-electron chi connectivity index (χ3n) is 3.89. The van der Waals surface area contributed by atoms with Crippen LogP contribution in [0.1, 0.15) is 26.3 Å². The average Bonchev–Trinajstić information content (AvgIpc) is 2.69. The fourth-order valence-electron chi connectivity index (χ4n) is 2.56. The fraction of sp³-hybridized carbons (Fsp3) is 0.0909. The maximum absolute atomic E-state index is 12.5. The quantitative estimate of drug-likeness (QED) is 0.676. The molecule has 0 spiro atoms.